The molecule has 1 unspecified atom stereocenters. The van der Waals surface area contributed by atoms with Crippen molar-refractivity contribution < 1.29 is 29.0 Å². The number of hydrogen-bond acceptors (Lipinski definition) is 8. The van der Waals surface area contributed by atoms with Crippen LogP contribution < -0.4 is 0 Å². The first-order chi connectivity index (χ1) is 36.7. The molecule has 10 nitrogen and oxygen atoms in total. The third kappa shape index (κ3) is 11.5. The maximum Gasteiger partial charge on any atom is 0.325 e. The summed E-state index contributed by atoms with van der Waals surface area (Å²) in [6.45, 7) is 4.93. The minimum Gasteiger partial charge on any atom is -0.468 e. The number of ether oxygens (including phenoxy) is 2. The minimum absolute atomic E-state index is 0.149. The Bertz CT molecular complexity index is 3000. The van der Waals surface area contributed by atoms with Crippen LogP contribution in [0.3, 0.4) is 0 Å². The molecule has 1 atom stereocenters. The molecule has 0 saturated carbocycles. The van der Waals surface area contributed by atoms with E-state index in [2.05, 4.69) is 180 Å². The standard InChI is InChI=1S/C33H32N2O3.C32H32N2O3/c1-2-38-32(37)25-34-20-18-26(23-34)22-27-24-35(21-19-31(27)36)33(28-12-6-3-7-13-28,29-14-8-4-9-15-29)30-16-10-5-11-17-30;1-37-31(36)24-33-19-17-25(22-33)21-26-23-34(20-18-30(26)35)32(27-11-5-2-6-12-27,28-13-7-3-8-14-28)29-15-9-4-10-16-29/h3-18,20,22-23H,2,19,21,24-25H2,1H3;2-17,19,21-22,30,35H,18,20,23-24H2,1H3/b27-22+;26-21+. The van der Waals surface area contributed by atoms with E-state index in [4.69, 9.17) is 9.47 Å². The number of aromatic nitrogens is 2. The molecular formula is C65H64N4O6. The summed E-state index contributed by atoms with van der Waals surface area (Å²) in [4.78, 5) is 41.7. The van der Waals surface area contributed by atoms with Crippen LogP contribution in [0, 0.1) is 0 Å². The molecule has 0 aliphatic carbocycles. The van der Waals surface area contributed by atoms with E-state index in [0.29, 0.717) is 39.1 Å². The van der Waals surface area contributed by atoms with E-state index >= 15 is 0 Å². The highest BCUT2D eigenvalue weighted by molar-refractivity contribution is 6.00. The maximum absolute atomic E-state index is 13.2. The monoisotopic (exact) mass is 996 g/mol. The molecule has 1 N–H and O–H groups in total. The van der Waals surface area contributed by atoms with Crippen molar-refractivity contribution in [2.75, 3.05) is 39.9 Å². The molecule has 2 saturated heterocycles. The average molecular weight is 997 g/mol. The Hall–Kier alpha value is -8.15. The Morgan fingerprint density at radius 2 is 0.933 bits per heavy atom. The van der Waals surface area contributed by atoms with Crippen LogP contribution in [0.1, 0.15) is 64.3 Å². The molecule has 0 radical (unpaired) electrons. The lowest BCUT2D eigenvalue weighted by molar-refractivity contribution is -0.144. The molecule has 0 bridgehead atoms. The van der Waals surface area contributed by atoms with Gasteiger partial charge in [-0.15, -0.1) is 0 Å². The van der Waals surface area contributed by atoms with E-state index in [0.717, 1.165) is 45.5 Å². The highest BCUT2D eigenvalue weighted by atomic mass is 16.5. The summed E-state index contributed by atoms with van der Waals surface area (Å²) in [5.74, 6) is -0.417. The van der Waals surface area contributed by atoms with E-state index in [1.54, 1.807) is 16.1 Å². The second-order valence-corrected chi connectivity index (χ2v) is 18.9. The van der Waals surface area contributed by atoms with Crippen molar-refractivity contribution in [3.05, 3.63) is 275 Å². The molecule has 75 heavy (non-hydrogen) atoms. The third-order valence-corrected chi connectivity index (χ3v) is 14.3. The predicted molar refractivity (Wildman–Crippen MR) is 295 cm³/mol. The van der Waals surface area contributed by atoms with Gasteiger partial charge in [-0.25, -0.2) is 0 Å². The van der Waals surface area contributed by atoms with Gasteiger partial charge in [-0.1, -0.05) is 188 Å². The van der Waals surface area contributed by atoms with Crippen molar-refractivity contribution in [3.63, 3.8) is 0 Å². The van der Waals surface area contributed by atoms with Crippen LogP contribution in [-0.2, 0) is 48.0 Å². The fourth-order valence-electron chi connectivity index (χ4n) is 10.9. The molecule has 380 valence electrons. The van der Waals surface area contributed by atoms with Gasteiger partial charge in [0.15, 0.2) is 5.78 Å². The summed E-state index contributed by atoms with van der Waals surface area (Å²) >= 11 is 0. The maximum atomic E-state index is 13.2. The highest BCUT2D eigenvalue weighted by Gasteiger charge is 2.45. The van der Waals surface area contributed by atoms with Gasteiger partial charge >= 0.3 is 11.9 Å². The Labute approximate surface area is 440 Å². The number of piperidine rings is 2. The molecule has 2 fully saturated rings. The van der Waals surface area contributed by atoms with Crippen LogP contribution in [0.2, 0.25) is 0 Å². The molecule has 2 aromatic heterocycles. The normalized spacial score (nSPS) is 16.5. The zero-order chi connectivity index (χ0) is 52.0. The van der Waals surface area contributed by atoms with Crippen molar-refractivity contribution >= 4 is 29.9 Å². The number of methoxy groups -OCH3 is 1. The lowest BCUT2D eigenvalue weighted by Crippen LogP contribution is -2.52. The number of aliphatic hydroxyl groups is 1. The number of benzene rings is 6. The summed E-state index contributed by atoms with van der Waals surface area (Å²) < 4.78 is 13.4. The van der Waals surface area contributed by atoms with Gasteiger partial charge in [0.1, 0.15) is 13.1 Å². The topological polar surface area (TPSA) is 106 Å². The first-order valence-electron chi connectivity index (χ1n) is 25.7. The third-order valence-electron chi connectivity index (χ3n) is 14.3. The molecular weight excluding hydrogens is 933 g/mol. The Balaban J connectivity index is 0.000000184. The van der Waals surface area contributed by atoms with E-state index < -0.39 is 17.2 Å². The smallest absolute Gasteiger partial charge is 0.325 e. The van der Waals surface area contributed by atoms with Crippen LogP contribution in [-0.4, -0.2) is 87.8 Å². The number of nitrogens with zero attached hydrogens (tertiary/aromatic N) is 4. The number of esters is 2. The number of hydrogen-bond donors (Lipinski definition) is 1. The lowest BCUT2D eigenvalue weighted by atomic mass is 9.74. The van der Waals surface area contributed by atoms with Crippen LogP contribution in [0.4, 0.5) is 0 Å². The number of carbonyl (C=O) groups is 3. The SMILES string of the molecule is CCOC(=O)Cn1ccc(/C=C2\CN(C(c3ccccc3)(c3ccccc3)c3ccccc3)CCC2=O)c1.COC(=O)Cn1ccc(/C=C2\CN(C(c3ccccc3)(c3ccccc3)c3ccccc3)CCC2O)c1. The average Bonchev–Trinajstić information content (AvgIpc) is 4.11. The van der Waals surface area contributed by atoms with Gasteiger partial charge in [0, 0.05) is 63.0 Å². The first-order valence-corrected chi connectivity index (χ1v) is 25.7. The lowest BCUT2D eigenvalue weighted by Gasteiger charge is -2.48. The van der Waals surface area contributed by atoms with E-state index in [-0.39, 0.29) is 30.8 Å². The summed E-state index contributed by atoms with van der Waals surface area (Å²) in [6.07, 6.45) is 12.0. The Morgan fingerprint density at radius 3 is 1.33 bits per heavy atom. The number of likely N-dealkylation sites (tertiary alicyclic amines) is 2. The van der Waals surface area contributed by atoms with Gasteiger partial charge in [0.2, 0.25) is 0 Å². The predicted octanol–water partition coefficient (Wildman–Crippen LogP) is 10.8. The van der Waals surface area contributed by atoms with Gasteiger partial charge in [0.25, 0.3) is 0 Å². The number of aliphatic hydroxyl groups excluding tert-OH is 1. The number of ketones is 1. The number of rotatable bonds is 15. The van der Waals surface area contributed by atoms with Crippen molar-refractivity contribution in [2.24, 2.45) is 0 Å². The molecule has 6 aromatic carbocycles. The van der Waals surface area contributed by atoms with Crippen molar-refractivity contribution in [1.82, 2.24) is 18.9 Å². The van der Waals surface area contributed by atoms with Crippen molar-refractivity contribution in [2.45, 2.75) is 50.0 Å². The Kier molecular flexibility index (Phi) is 16.7. The molecule has 2 aliphatic heterocycles. The summed E-state index contributed by atoms with van der Waals surface area (Å²) in [6, 6.07) is 67.4. The molecule has 10 rings (SSSR count). The minimum atomic E-state index is -0.570. The number of carbonyl (C=O) groups excluding carboxylic acids is 3. The Morgan fingerprint density at radius 1 is 0.547 bits per heavy atom. The van der Waals surface area contributed by atoms with Gasteiger partial charge < -0.3 is 23.7 Å². The fourth-order valence-corrected chi connectivity index (χ4v) is 10.9. The molecule has 10 heteroatoms. The van der Waals surface area contributed by atoms with Crippen LogP contribution >= 0.6 is 0 Å². The largest absolute Gasteiger partial charge is 0.468 e. The van der Waals surface area contributed by atoms with Crippen molar-refractivity contribution in [3.8, 4) is 0 Å². The first kappa shape index (κ1) is 51.7. The van der Waals surface area contributed by atoms with E-state index in [9.17, 15) is 19.5 Å². The van der Waals surface area contributed by atoms with Gasteiger partial charge in [-0.3, -0.25) is 24.2 Å². The summed E-state index contributed by atoms with van der Waals surface area (Å²) in [7, 11) is 1.39. The highest BCUT2D eigenvalue weighted by Crippen LogP contribution is 2.46. The van der Waals surface area contributed by atoms with Crippen LogP contribution in [0.15, 0.2) is 230 Å². The summed E-state index contributed by atoms with van der Waals surface area (Å²) in [5.41, 5.74) is 9.50. The van der Waals surface area contributed by atoms with Crippen LogP contribution in [0.25, 0.3) is 12.2 Å². The second kappa shape index (κ2) is 24.3. The van der Waals surface area contributed by atoms with Crippen LogP contribution in [0.5, 0.6) is 0 Å². The molecule has 2 aliphatic rings. The number of Topliss-reactive ketones (excluding diaryl/α,β-unsaturated/α-hetero) is 1. The fraction of sp³-hybridized carbons (Fsp3) is 0.215. The molecule has 0 spiro atoms. The van der Waals surface area contributed by atoms with Crippen molar-refractivity contribution in [1.29, 1.82) is 0 Å². The van der Waals surface area contributed by atoms with Gasteiger partial charge in [-0.05, 0) is 81.6 Å². The van der Waals surface area contributed by atoms with E-state index in [1.165, 1.54) is 23.8 Å². The zero-order valence-electron chi connectivity index (χ0n) is 42.7. The molecule has 8 aromatic rings. The molecule has 4 heterocycles. The zero-order valence-corrected chi connectivity index (χ0v) is 42.7. The quantitative estimate of drug-likeness (QED) is 0.0615. The molecule has 0 amide bonds. The van der Waals surface area contributed by atoms with Gasteiger partial charge in [-0.2, -0.15) is 0 Å². The summed E-state index contributed by atoms with van der Waals surface area (Å²) in [5, 5.41) is 11.0. The second-order valence-electron chi connectivity index (χ2n) is 18.9. The van der Waals surface area contributed by atoms with Gasteiger partial charge in [0.05, 0.1) is 30.9 Å². The van der Waals surface area contributed by atoms with E-state index in [1.807, 2.05) is 61.2 Å².